The minimum atomic E-state index is -0.167. The van der Waals surface area contributed by atoms with Gasteiger partial charge in [0.25, 0.3) is 5.56 Å². The third-order valence-corrected chi connectivity index (χ3v) is 6.14. The average Bonchev–Trinajstić information content (AvgIpc) is 3.37. The van der Waals surface area contributed by atoms with E-state index in [1.165, 1.54) is 33.7 Å². The minimum absolute atomic E-state index is 0.107. The molecule has 2 aromatic heterocycles. The number of fused-ring (bicyclic) bond motifs is 1. The number of thioether (sulfide) groups is 1. The van der Waals surface area contributed by atoms with Gasteiger partial charge in [-0.1, -0.05) is 22.9 Å². The molecule has 0 radical (unpaired) electrons. The molecule has 4 rings (SSSR count). The number of aromatic nitrogens is 3. The van der Waals surface area contributed by atoms with E-state index in [0.717, 1.165) is 17.8 Å². The van der Waals surface area contributed by atoms with Crippen LogP contribution in [0.3, 0.4) is 0 Å². The number of anilines is 1. The smallest absolute Gasteiger partial charge is 0.275 e. The van der Waals surface area contributed by atoms with Crippen LogP contribution in [0, 0.1) is 0 Å². The van der Waals surface area contributed by atoms with Crippen LogP contribution in [0.2, 0.25) is 5.02 Å². The molecule has 1 aliphatic carbocycles. The zero-order valence-corrected chi connectivity index (χ0v) is 16.0. The Morgan fingerprint density at radius 1 is 1.35 bits per heavy atom. The highest BCUT2D eigenvalue weighted by Gasteiger charge is 2.28. The maximum absolute atomic E-state index is 12.2. The Morgan fingerprint density at radius 2 is 2.12 bits per heavy atom. The molecule has 0 saturated heterocycles. The lowest BCUT2D eigenvalue weighted by atomic mass is 10.3. The van der Waals surface area contributed by atoms with Crippen molar-refractivity contribution in [3.05, 3.63) is 56.4 Å². The Kier molecular flexibility index (Phi) is 4.97. The van der Waals surface area contributed by atoms with Gasteiger partial charge in [0, 0.05) is 28.4 Å². The van der Waals surface area contributed by atoms with Crippen molar-refractivity contribution in [2.75, 3.05) is 11.1 Å². The number of rotatable bonds is 6. The van der Waals surface area contributed by atoms with E-state index in [-0.39, 0.29) is 17.2 Å². The summed E-state index contributed by atoms with van der Waals surface area (Å²) in [7, 11) is 0. The molecule has 6 nitrogen and oxygen atoms in total. The normalized spacial score (nSPS) is 13.9. The van der Waals surface area contributed by atoms with E-state index in [1.807, 2.05) is 0 Å². The summed E-state index contributed by atoms with van der Waals surface area (Å²) in [4.78, 5) is 29.3. The summed E-state index contributed by atoms with van der Waals surface area (Å²) in [6.45, 7) is 0. The zero-order chi connectivity index (χ0) is 18.1. The molecule has 1 amide bonds. The number of carbonyl (C=O) groups excluding carboxylic acids is 1. The van der Waals surface area contributed by atoms with Crippen LogP contribution in [0.5, 0.6) is 0 Å². The fourth-order valence-electron chi connectivity index (χ4n) is 2.42. The molecular weight excluding hydrogens is 392 g/mol. The number of carbonyl (C=O) groups is 1. The second-order valence-corrected chi connectivity index (χ2v) is 8.45. The van der Waals surface area contributed by atoms with Crippen molar-refractivity contribution in [2.24, 2.45) is 0 Å². The topological polar surface area (TPSA) is 76.4 Å². The van der Waals surface area contributed by atoms with E-state index in [0.29, 0.717) is 33.0 Å². The number of halogens is 1. The van der Waals surface area contributed by atoms with Gasteiger partial charge >= 0.3 is 0 Å². The first-order valence-corrected chi connectivity index (χ1v) is 10.5. The van der Waals surface area contributed by atoms with Crippen LogP contribution in [-0.4, -0.2) is 26.3 Å². The number of benzene rings is 1. The molecule has 0 aliphatic heterocycles. The van der Waals surface area contributed by atoms with Crippen LogP contribution in [0.1, 0.15) is 29.5 Å². The SMILES string of the molecule is O=C(CSCc1cc(=O)n2nc(C3CC3)sc2n1)Nc1ccc(Cl)cc1. The fraction of sp³-hybridized carbons (Fsp3) is 0.294. The maximum atomic E-state index is 12.2. The van der Waals surface area contributed by atoms with Gasteiger partial charge in [0.05, 0.1) is 11.4 Å². The summed E-state index contributed by atoms with van der Waals surface area (Å²) in [5, 5.41) is 8.77. The van der Waals surface area contributed by atoms with Gasteiger partial charge in [-0.15, -0.1) is 11.8 Å². The minimum Gasteiger partial charge on any atom is -0.325 e. The van der Waals surface area contributed by atoms with Gasteiger partial charge in [-0.2, -0.15) is 9.61 Å². The Labute approximate surface area is 162 Å². The van der Waals surface area contributed by atoms with Crippen molar-refractivity contribution >= 4 is 51.3 Å². The molecule has 0 spiro atoms. The second-order valence-electron chi connectivity index (χ2n) is 6.04. The molecule has 1 fully saturated rings. The van der Waals surface area contributed by atoms with E-state index >= 15 is 0 Å². The first-order chi connectivity index (χ1) is 12.6. The van der Waals surface area contributed by atoms with Crippen molar-refractivity contribution in [1.29, 1.82) is 0 Å². The number of hydrogen-bond donors (Lipinski definition) is 1. The summed E-state index contributed by atoms with van der Waals surface area (Å²) in [6, 6.07) is 8.45. The number of hydrogen-bond acceptors (Lipinski definition) is 6. The molecule has 1 saturated carbocycles. The predicted octanol–water partition coefficient (Wildman–Crippen LogP) is 3.55. The van der Waals surface area contributed by atoms with E-state index < -0.39 is 0 Å². The standard InChI is InChI=1S/C17H15ClN4O2S2/c18-11-3-5-12(6-4-11)19-14(23)9-25-8-13-7-15(24)22-17(20-13)26-16(21-22)10-1-2-10/h3-7,10H,1-2,8-9H2,(H,19,23). The van der Waals surface area contributed by atoms with Crippen molar-refractivity contribution < 1.29 is 4.79 Å². The van der Waals surface area contributed by atoms with E-state index in [4.69, 9.17) is 11.6 Å². The molecule has 9 heteroatoms. The van der Waals surface area contributed by atoms with Crippen LogP contribution >= 0.6 is 34.7 Å². The highest BCUT2D eigenvalue weighted by atomic mass is 35.5. The van der Waals surface area contributed by atoms with Crippen LogP contribution in [0.25, 0.3) is 4.96 Å². The molecule has 26 heavy (non-hydrogen) atoms. The summed E-state index contributed by atoms with van der Waals surface area (Å²) in [5.74, 6) is 1.16. The first-order valence-electron chi connectivity index (χ1n) is 8.11. The molecule has 134 valence electrons. The molecule has 0 unspecified atom stereocenters. The van der Waals surface area contributed by atoms with Gasteiger partial charge in [0.15, 0.2) is 0 Å². The van der Waals surface area contributed by atoms with Crippen molar-refractivity contribution in [3.63, 3.8) is 0 Å². The molecule has 1 aromatic carbocycles. The molecule has 2 heterocycles. The lowest BCUT2D eigenvalue weighted by Crippen LogP contribution is -2.16. The van der Waals surface area contributed by atoms with Gasteiger partial charge in [0.2, 0.25) is 10.9 Å². The van der Waals surface area contributed by atoms with Gasteiger partial charge in [0.1, 0.15) is 5.01 Å². The number of nitrogens with one attached hydrogen (secondary N) is 1. The third kappa shape index (κ3) is 4.08. The van der Waals surface area contributed by atoms with E-state index in [9.17, 15) is 9.59 Å². The van der Waals surface area contributed by atoms with Crippen LogP contribution < -0.4 is 10.9 Å². The summed E-state index contributed by atoms with van der Waals surface area (Å²) in [6.07, 6.45) is 2.28. The zero-order valence-electron chi connectivity index (χ0n) is 13.6. The van der Waals surface area contributed by atoms with E-state index in [2.05, 4.69) is 15.4 Å². The van der Waals surface area contributed by atoms with Gasteiger partial charge in [-0.05, 0) is 37.1 Å². The predicted molar refractivity (Wildman–Crippen MR) is 105 cm³/mol. The molecule has 1 N–H and O–H groups in total. The van der Waals surface area contributed by atoms with Gasteiger partial charge in [-0.25, -0.2) is 4.98 Å². The molecule has 1 aliphatic rings. The quantitative estimate of drug-likeness (QED) is 0.677. The van der Waals surface area contributed by atoms with E-state index in [1.54, 1.807) is 24.3 Å². The Balaban J connectivity index is 1.36. The Morgan fingerprint density at radius 3 is 2.85 bits per heavy atom. The Bertz CT molecular complexity index is 1010. The molecule has 0 bridgehead atoms. The van der Waals surface area contributed by atoms with Crippen molar-refractivity contribution in [2.45, 2.75) is 24.5 Å². The first kappa shape index (κ1) is 17.5. The summed E-state index contributed by atoms with van der Waals surface area (Å²) >= 11 is 8.72. The third-order valence-electron chi connectivity index (χ3n) is 3.85. The van der Waals surface area contributed by atoms with Crippen molar-refractivity contribution in [3.8, 4) is 0 Å². The highest BCUT2D eigenvalue weighted by Crippen LogP contribution is 2.41. The molecule has 3 aromatic rings. The lowest BCUT2D eigenvalue weighted by molar-refractivity contribution is -0.113. The number of amides is 1. The van der Waals surface area contributed by atoms with Gasteiger partial charge < -0.3 is 5.32 Å². The second kappa shape index (κ2) is 7.38. The molecule has 0 atom stereocenters. The van der Waals surface area contributed by atoms with Crippen LogP contribution in [0.15, 0.2) is 35.1 Å². The summed E-state index contributed by atoms with van der Waals surface area (Å²) < 4.78 is 1.37. The van der Waals surface area contributed by atoms with Gasteiger partial charge in [-0.3, -0.25) is 9.59 Å². The number of nitrogens with zero attached hydrogens (tertiary/aromatic N) is 3. The largest absolute Gasteiger partial charge is 0.325 e. The average molecular weight is 407 g/mol. The fourth-order valence-corrected chi connectivity index (χ4v) is 4.35. The summed E-state index contributed by atoms with van der Waals surface area (Å²) in [5.41, 5.74) is 1.21. The Hall–Kier alpha value is -1.90. The maximum Gasteiger partial charge on any atom is 0.275 e. The van der Waals surface area contributed by atoms with Crippen molar-refractivity contribution in [1.82, 2.24) is 14.6 Å². The molecular formula is C17H15ClN4O2S2. The lowest BCUT2D eigenvalue weighted by Gasteiger charge is -2.05. The monoisotopic (exact) mass is 406 g/mol. The highest BCUT2D eigenvalue weighted by molar-refractivity contribution is 7.99. The van der Waals surface area contributed by atoms with Crippen LogP contribution in [-0.2, 0) is 10.5 Å². The van der Waals surface area contributed by atoms with Crippen LogP contribution in [0.4, 0.5) is 5.69 Å².